The van der Waals surface area contributed by atoms with Crippen molar-refractivity contribution in [3.05, 3.63) is 0 Å². The van der Waals surface area contributed by atoms with E-state index in [1.165, 1.54) is 7.11 Å². The first-order valence-corrected chi connectivity index (χ1v) is 5.77. The van der Waals surface area contributed by atoms with E-state index in [9.17, 15) is 9.90 Å². The van der Waals surface area contributed by atoms with Crippen molar-refractivity contribution >= 4 is 5.97 Å². The zero-order valence-corrected chi connectivity index (χ0v) is 10.6. The molecule has 1 fully saturated rings. The fraction of sp³-hybridized carbons (Fsp3) is 0.917. The lowest BCUT2D eigenvalue weighted by Crippen LogP contribution is -2.59. The van der Waals surface area contributed by atoms with Crippen LogP contribution < -0.4 is 0 Å². The van der Waals surface area contributed by atoms with Crippen molar-refractivity contribution in [3.63, 3.8) is 0 Å². The normalized spacial score (nSPS) is 29.9. The summed E-state index contributed by atoms with van der Waals surface area (Å²) in [5, 5.41) is 10.6. The molecule has 1 saturated heterocycles. The molecule has 1 heterocycles. The number of ether oxygens (including phenoxy) is 2. The average Bonchev–Trinajstić information content (AvgIpc) is 2.27. The minimum Gasteiger partial charge on any atom is -0.469 e. The Kier molecular flexibility index (Phi) is 3.97. The van der Waals surface area contributed by atoms with Gasteiger partial charge in [0.25, 0.3) is 0 Å². The lowest BCUT2D eigenvalue weighted by atomic mass is 9.64. The Balaban J connectivity index is 3.04. The van der Waals surface area contributed by atoms with E-state index in [2.05, 4.69) is 0 Å². The van der Waals surface area contributed by atoms with Gasteiger partial charge in [0.05, 0.1) is 19.1 Å². The lowest BCUT2D eigenvalue weighted by molar-refractivity contribution is -0.199. The van der Waals surface area contributed by atoms with Crippen molar-refractivity contribution in [2.75, 3.05) is 20.3 Å². The molecule has 16 heavy (non-hydrogen) atoms. The molecular weight excluding hydrogens is 208 g/mol. The highest BCUT2D eigenvalue weighted by Crippen LogP contribution is 2.44. The molecule has 1 aliphatic heterocycles. The van der Waals surface area contributed by atoms with Gasteiger partial charge in [0, 0.05) is 6.61 Å². The van der Waals surface area contributed by atoms with E-state index < -0.39 is 11.0 Å². The van der Waals surface area contributed by atoms with Gasteiger partial charge in [-0.25, -0.2) is 0 Å². The van der Waals surface area contributed by atoms with Crippen molar-refractivity contribution in [2.45, 2.75) is 39.2 Å². The summed E-state index contributed by atoms with van der Waals surface area (Å²) in [6.45, 7) is 6.46. The van der Waals surface area contributed by atoms with Gasteiger partial charge >= 0.3 is 5.97 Å². The van der Waals surface area contributed by atoms with E-state index in [4.69, 9.17) is 9.47 Å². The Morgan fingerprint density at radius 2 is 2.19 bits per heavy atom. The predicted octanol–water partition coefficient (Wildman–Crippen LogP) is 1.36. The van der Waals surface area contributed by atoms with Crippen LogP contribution in [0.25, 0.3) is 0 Å². The second-order valence-electron chi connectivity index (χ2n) is 5.04. The number of rotatable bonds is 3. The zero-order valence-electron chi connectivity index (χ0n) is 10.6. The first-order valence-electron chi connectivity index (χ1n) is 5.77. The molecule has 94 valence electrons. The summed E-state index contributed by atoms with van der Waals surface area (Å²) in [6, 6.07) is 0. The Hall–Kier alpha value is -0.610. The highest BCUT2D eigenvalue weighted by molar-refractivity contribution is 5.78. The molecule has 0 aromatic heterocycles. The summed E-state index contributed by atoms with van der Waals surface area (Å²) in [5.74, 6) is -0.373. The second-order valence-corrected chi connectivity index (χ2v) is 5.04. The van der Waals surface area contributed by atoms with Crippen LogP contribution in [0.4, 0.5) is 0 Å². The summed E-state index contributed by atoms with van der Waals surface area (Å²) < 4.78 is 10.2. The molecule has 1 aliphatic rings. The monoisotopic (exact) mass is 230 g/mol. The third-order valence-electron chi connectivity index (χ3n) is 3.95. The van der Waals surface area contributed by atoms with Crippen LogP contribution in [0.5, 0.6) is 0 Å². The van der Waals surface area contributed by atoms with Gasteiger partial charge < -0.3 is 14.6 Å². The lowest BCUT2D eigenvalue weighted by Gasteiger charge is -2.47. The van der Waals surface area contributed by atoms with Gasteiger partial charge in [0.15, 0.2) is 0 Å². The molecule has 0 bridgehead atoms. The Morgan fingerprint density at radius 1 is 1.56 bits per heavy atom. The van der Waals surface area contributed by atoms with Gasteiger partial charge in [-0.05, 0) is 25.7 Å². The molecule has 2 unspecified atom stereocenters. The first kappa shape index (κ1) is 13.5. The molecule has 0 aromatic carbocycles. The molecule has 0 radical (unpaired) electrons. The molecule has 0 spiro atoms. The molecule has 1 rings (SSSR count). The van der Waals surface area contributed by atoms with E-state index in [-0.39, 0.29) is 18.5 Å². The van der Waals surface area contributed by atoms with Crippen LogP contribution in [0.3, 0.4) is 0 Å². The van der Waals surface area contributed by atoms with Crippen LogP contribution in [0, 0.1) is 11.3 Å². The van der Waals surface area contributed by atoms with Crippen LogP contribution >= 0.6 is 0 Å². The molecule has 0 aromatic rings. The SMILES string of the molecule is COC(=O)C(C)(C(C)C)C1(O)CCCOC1. The Morgan fingerprint density at radius 3 is 2.56 bits per heavy atom. The molecular formula is C12H22O4. The number of aliphatic hydroxyl groups is 1. The van der Waals surface area contributed by atoms with Crippen molar-refractivity contribution in [1.82, 2.24) is 0 Å². The molecule has 0 amide bonds. The first-order chi connectivity index (χ1) is 7.38. The van der Waals surface area contributed by atoms with Crippen LogP contribution in [0.2, 0.25) is 0 Å². The van der Waals surface area contributed by atoms with E-state index in [1.807, 2.05) is 13.8 Å². The van der Waals surface area contributed by atoms with Gasteiger partial charge in [-0.15, -0.1) is 0 Å². The number of hydrogen-bond donors (Lipinski definition) is 1. The van der Waals surface area contributed by atoms with E-state index in [1.54, 1.807) is 6.92 Å². The van der Waals surface area contributed by atoms with Gasteiger partial charge in [-0.3, -0.25) is 4.79 Å². The van der Waals surface area contributed by atoms with Crippen molar-refractivity contribution in [2.24, 2.45) is 11.3 Å². The van der Waals surface area contributed by atoms with Crippen molar-refractivity contribution in [3.8, 4) is 0 Å². The topological polar surface area (TPSA) is 55.8 Å². The summed E-state index contributed by atoms with van der Waals surface area (Å²) in [4.78, 5) is 11.9. The van der Waals surface area contributed by atoms with Crippen LogP contribution in [0.15, 0.2) is 0 Å². The number of carbonyl (C=O) groups excluding carboxylic acids is 1. The fourth-order valence-corrected chi connectivity index (χ4v) is 2.36. The van der Waals surface area contributed by atoms with Crippen LogP contribution in [-0.2, 0) is 14.3 Å². The summed E-state index contributed by atoms with van der Waals surface area (Å²) in [7, 11) is 1.36. The summed E-state index contributed by atoms with van der Waals surface area (Å²) in [5.41, 5.74) is -2.03. The molecule has 0 saturated carbocycles. The van der Waals surface area contributed by atoms with E-state index in [0.29, 0.717) is 13.0 Å². The zero-order chi connectivity index (χ0) is 12.4. The second kappa shape index (κ2) is 4.72. The Bertz CT molecular complexity index is 256. The van der Waals surface area contributed by atoms with Gasteiger partial charge in [-0.2, -0.15) is 0 Å². The van der Waals surface area contributed by atoms with Gasteiger partial charge in [0.2, 0.25) is 0 Å². The van der Waals surface area contributed by atoms with Gasteiger partial charge in [0.1, 0.15) is 5.60 Å². The summed E-state index contributed by atoms with van der Waals surface area (Å²) >= 11 is 0. The number of hydrogen-bond acceptors (Lipinski definition) is 4. The van der Waals surface area contributed by atoms with Crippen LogP contribution in [-0.4, -0.2) is 37.0 Å². The third-order valence-corrected chi connectivity index (χ3v) is 3.95. The van der Waals surface area contributed by atoms with E-state index >= 15 is 0 Å². The minimum absolute atomic E-state index is 0.00773. The molecule has 2 atom stereocenters. The van der Waals surface area contributed by atoms with Gasteiger partial charge in [-0.1, -0.05) is 13.8 Å². The smallest absolute Gasteiger partial charge is 0.314 e. The maximum atomic E-state index is 11.9. The largest absolute Gasteiger partial charge is 0.469 e. The average molecular weight is 230 g/mol. The minimum atomic E-state index is -1.12. The third kappa shape index (κ3) is 1.96. The predicted molar refractivity (Wildman–Crippen MR) is 60.0 cm³/mol. The van der Waals surface area contributed by atoms with Crippen LogP contribution in [0.1, 0.15) is 33.6 Å². The maximum absolute atomic E-state index is 11.9. The number of methoxy groups -OCH3 is 1. The maximum Gasteiger partial charge on any atom is 0.314 e. The molecule has 0 aliphatic carbocycles. The highest BCUT2D eigenvalue weighted by Gasteiger charge is 2.55. The molecule has 4 heteroatoms. The van der Waals surface area contributed by atoms with Crippen molar-refractivity contribution < 1.29 is 19.4 Å². The molecule has 4 nitrogen and oxygen atoms in total. The summed E-state index contributed by atoms with van der Waals surface area (Å²) in [6.07, 6.45) is 1.35. The quantitative estimate of drug-likeness (QED) is 0.744. The highest BCUT2D eigenvalue weighted by atomic mass is 16.5. The van der Waals surface area contributed by atoms with Crippen molar-refractivity contribution in [1.29, 1.82) is 0 Å². The van der Waals surface area contributed by atoms with E-state index in [0.717, 1.165) is 6.42 Å². The Labute approximate surface area is 96.9 Å². The molecule has 1 N–H and O–H groups in total. The fourth-order valence-electron chi connectivity index (χ4n) is 2.36. The number of carbonyl (C=O) groups is 1. The standard InChI is InChI=1S/C12H22O4/c1-9(2)11(3,10(13)15-4)12(14)6-5-7-16-8-12/h9,14H,5-8H2,1-4H3. The number of esters is 1.